The molecule has 0 aromatic heterocycles. The summed E-state index contributed by atoms with van der Waals surface area (Å²) in [7, 11) is 0. The maximum absolute atomic E-state index is 10.7. The lowest BCUT2D eigenvalue weighted by Crippen LogP contribution is -2.40. The molecule has 0 aliphatic rings. The van der Waals surface area contributed by atoms with Gasteiger partial charge in [0.1, 0.15) is 0 Å². The van der Waals surface area contributed by atoms with Gasteiger partial charge in [0.15, 0.2) is 0 Å². The molecule has 2 N–H and O–H groups in total. The highest BCUT2D eigenvalue weighted by molar-refractivity contribution is 6.17. The lowest BCUT2D eigenvalue weighted by atomic mass is 10.3. The van der Waals surface area contributed by atoms with Crippen molar-refractivity contribution in [2.75, 3.05) is 5.88 Å². The Morgan fingerprint density at radius 1 is 1.36 bits per heavy atom. The van der Waals surface area contributed by atoms with E-state index < -0.39 is 0 Å². The van der Waals surface area contributed by atoms with Gasteiger partial charge in [0.25, 0.3) is 0 Å². The Hall–Kier alpha value is -0.770. The normalized spacial score (nSPS) is 8.91. The number of nitrogens with one attached hydrogen (secondary N) is 2. The Morgan fingerprint density at radius 2 is 2.00 bits per heavy atom. The second-order valence-electron chi connectivity index (χ2n) is 2.02. The summed E-state index contributed by atoms with van der Waals surface area (Å²) in [5.74, 6) is -0.0573. The number of halogens is 1. The highest BCUT2D eigenvalue weighted by Gasteiger charge is 1.99. The van der Waals surface area contributed by atoms with Gasteiger partial charge in [-0.05, 0) is 6.42 Å². The number of hydrazine groups is 1. The number of rotatable bonds is 3. The van der Waals surface area contributed by atoms with Crippen molar-refractivity contribution >= 4 is 23.4 Å². The van der Waals surface area contributed by atoms with Crippen LogP contribution in [0.2, 0.25) is 0 Å². The minimum absolute atomic E-state index is 0.221. The van der Waals surface area contributed by atoms with E-state index in [1.807, 2.05) is 0 Å². The Morgan fingerprint density at radius 3 is 2.45 bits per heavy atom. The fourth-order valence-electron chi connectivity index (χ4n) is 0.448. The fraction of sp³-hybridized carbons (Fsp3) is 0.667. The Bertz CT molecular complexity index is 150. The van der Waals surface area contributed by atoms with Crippen molar-refractivity contribution in [3.63, 3.8) is 0 Å². The second kappa shape index (κ2) is 5.97. The summed E-state index contributed by atoms with van der Waals surface area (Å²) in [5, 5.41) is 0. The maximum atomic E-state index is 10.7. The third-order valence-corrected chi connectivity index (χ3v) is 1.18. The molecule has 0 aromatic carbocycles. The number of carbonyl (C=O) groups excluding carboxylic acids is 2. The van der Waals surface area contributed by atoms with E-state index in [-0.39, 0.29) is 11.8 Å². The van der Waals surface area contributed by atoms with Crippen LogP contribution in [-0.2, 0) is 9.59 Å². The van der Waals surface area contributed by atoms with Gasteiger partial charge in [-0.15, -0.1) is 11.6 Å². The first-order chi connectivity index (χ1) is 5.16. The smallest absolute Gasteiger partial charge is 0.238 e. The van der Waals surface area contributed by atoms with E-state index in [1.165, 1.54) is 6.92 Å². The molecule has 0 fully saturated rings. The van der Waals surface area contributed by atoms with Crippen molar-refractivity contribution < 1.29 is 9.59 Å². The second-order valence-corrected chi connectivity index (χ2v) is 2.40. The van der Waals surface area contributed by atoms with Gasteiger partial charge in [-0.1, -0.05) is 0 Å². The van der Waals surface area contributed by atoms with Gasteiger partial charge in [-0.2, -0.15) is 0 Å². The van der Waals surface area contributed by atoms with Crippen LogP contribution < -0.4 is 10.9 Å². The lowest BCUT2D eigenvalue weighted by molar-refractivity contribution is -0.127. The quantitative estimate of drug-likeness (QED) is 0.478. The third kappa shape index (κ3) is 7.12. The van der Waals surface area contributed by atoms with E-state index in [0.29, 0.717) is 18.7 Å². The molecule has 0 bridgehead atoms. The Kier molecular flexibility index (Phi) is 5.56. The molecule has 0 saturated carbocycles. The van der Waals surface area contributed by atoms with Gasteiger partial charge in [-0.3, -0.25) is 20.4 Å². The molecular formula is C6H11ClN2O2. The van der Waals surface area contributed by atoms with Gasteiger partial charge in [0.2, 0.25) is 11.8 Å². The van der Waals surface area contributed by atoms with Crippen molar-refractivity contribution in [2.45, 2.75) is 19.8 Å². The molecule has 0 aromatic rings. The maximum Gasteiger partial charge on any atom is 0.238 e. The van der Waals surface area contributed by atoms with Crippen molar-refractivity contribution in [3.8, 4) is 0 Å². The summed E-state index contributed by atoms with van der Waals surface area (Å²) in [6.45, 7) is 1.32. The predicted octanol–water partition coefficient (Wildman–Crippen LogP) is 0.173. The first-order valence-electron chi connectivity index (χ1n) is 3.28. The highest BCUT2D eigenvalue weighted by Crippen LogP contribution is 1.89. The van der Waals surface area contributed by atoms with Gasteiger partial charge in [0.05, 0.1) is 0 Å². The zero-order valence-electron chi connectivity index (χ0n) is 6.32. The molecule has 0 heterocycles. The first-order valence-corrected chi connectivity index (χ1v) is 3.81. The summed E-state index contributed by atoms with van der Waals surface area (Å²) in [5.41, 5.74) is 4.39. The molecule has 4 nitrogen and oxygen atoms in total. The van der Waals surface area contributed by atoms with E-state index >= 15 is 0 Å². The summed E-state index contributed by atoms with van der Waals surface area (Å²) in [4.78, 5) is 21.0. The third-order valence-electron chi connectivity index (χ3n) is 0.915. The van der Waals surface area contributed by atoms with Gasteiger partial charge in [0, 0.05) is 19.2 Å². The zero-order valence-corrected chi connectivity index (χ0v) is 7.07. The molecule has 0 aliphatic carbocycles. The molecule has 2 amide bonds. The standard InChI is InChI=1S/C6H11ClN2O2/c1-5(10)8-9-6(11)3-2-4-7/h2-4H2,1H3,(H,8,10)(H,9,11). The zero-order chi connectivity index (χ0) is 8.69. The molecule has 0 spiro atoms. The SMILES string of the molecule is CC(=O)NNC(=O)CCCCl. The molecule has 0 rings (SSSR count). The van der Waals surface area contributed by atoms with E-state index in [1.54, 1.807) is 0 Å². The molecule has 5 heteroatoms. The van der Waals surface area contributed by atoms with E-state index in [9.17, 15) is 9.59 Å². The molecule has 0 aliphatic heterocycles. The summed E-state index contributed by atoms with van der Waals surface area (Å²) >= 11 is 5.34. The van der Waals surface area contributed by atoms with Gasteiger partial charge >= 0.3 is 0 Å². The molecule has 11 heavy (non-hydrogen) atoms. The van der Waals surface area contributed by atoms with E-state index in [0.717, 1.165) is 0 Å². The first kappa shape index (κ1) is 10.2. The van der Waals surface area contributed by atoms with Crippen LogP contribution in [0.25, 0.3) is 0 Å². The molecule has 0 radical (unpaired) electrons. The fourth-order valence-corrected chi connectivity index (χ4v) is 0.581. The van der Waals surface area contributed by atoms with Crippen LogP contribution >= 0.6 is 11.6 Å². The van der Waals surface area contributed by atoms with E-state index in [2.05, 4.69) is 10.9 Å². The number of amides is 2. The average molecular weight is 179 g/mol. The highest BCUT2D eigenvalue weighted by atomic mass is 35.5. The van der Waals surface area contributed by atoms with Crippen molar-refractivity contribution in [3.05, 3.63) is 0 Å². The van der Waals surface area contributed by atoms with Gasteiger partial charge < -0.3 is 0 Å². The predicted molar refractivity (Wildman–Crippen MR) is 41.9 cm³/mol. The van der Waals surface area contributed by atoms with Crippen molar-refractivity contribution in [1.29, 1.82) is 0 Å². The van der Waals surface area contributed by atoms with Crippen LogP contribution in [0.4, 0.5) is 0 Å². The van der Waals surface area contributed by atoms with Crippen LogP contribution in [0.1, 0.15) is 19.8 Å². The Balaban J connectivity index is 3.30. The molecule has 0 unspecified atom stereocenters. The van der Waals surface area contributed by atoms with Crippen molar-refractivity contribution in [2.24, 2.45) is 0 Å². The van der Waals surface area contributed by atoms with Crippen LogP contribution in [0.5, 0.6) is 0 Å². The number of hydrogen-bond acceptors (Lipinski definition) is 2. The van der Waals surface area contributed by atoms with Crippen molar-refractivity contribution in [1.82, 2.24) is 10.9 Å². The Labute approximate surface area is 70.3 Å². The summed E-state index contributed by atoms with van der Waals surface area (Å²) in [6.07, 6.45) is 0.955. The summed E-state index contributed by atoms with van der Waals surface area (Å²) < 4.78 is 0. The average Bonchev–Trinajstić information content (AvgIpc) is 1.97. The number of carbonyl (C=O) groups is 2. The van der Waals surface area contributed by atoms with Gasteiger partial charge in [-0.25, -0.2) is 0 Å². The van der Waals surface area contributed by atoms with Crippen LogP contribution in [0.3, 0.4) is 0 Å². The summed E-state index contributed by atoms with van der Waals surface area (Å²) in [6, 6.07) is 0. The van der Waals surface area contributed by atoms with Crippen LogP contribution in [-0.4, -0.2) is 17.7 Å². The number of hydrogen-bond donors (Lipinski definition) is 2. The molecule has 0 saturated heterocycles. The molecule has 64 valence electrons. The van der Waals surface area contributed by atoms with E-state index in [4.69, 9.17) is 11.6 Å². The minimum Gasteiger partial charge on any atom is -0.274 e. The monoisotopic (exact) mass is 178 g/mol. The molecular weight excluding hydrogens is 168 g/mol. The largest absolute Gasteiger partial charge is 0.274 e. The van der Waals surface area contributed by atoms with Crippen LogP contribution in [0.15, 0.2) is 0 Å². The minimum atomic E-state index is -0.288. The molecule has 0 atom stereocenters. The number of alkyl halides is 1. The van der Waals surface area contributed by atoms with Crippen LogP contribution in [0, 0.1) is 0 Å². The lowest BCUT2D eigenvalue weighted by Gasteiger charge is -2.02. The topological polar surface area (TPSA) is 58.2 Å².